The lowest BCUT2D eigenvalue weighted by atomic mass is 9.99. The predicted octanol–water partition coefficient (Wildman–Crippen LogP) is 9.71. The molecule has 0 bridgehead atoms. The molecule has 0 fully saturated rings. The van der Waals surface area contributed by atoms with E-state index in [4.69, 9.17) is 0 Å². The van der Waals surface area contributed by atoms with E-state index in [-0.39, 0.29) is 7.43 Å². The second-order valence-electron chi connectivity index (χ2n) is 9.14. The van der Waals surface area contributed by atoms with E-state index in [0.717, 1.165) is 67.8 Å². The summed E-state index contributed by atoms with van der Waals surface area (Å²) < 4.78 is 0. The second kappa shape index (κ2) is 21.2. The van der Waals surface area contributed by atoms with Crippen molar-refractivity contribution in [1.82, 2.24) is 15.6 Å². The van der Waals surface area contributed by atoms with Crippen molar-refractivity contribution in [2.24, 2.45) is 0 Å². The Hall–Kier alpha value is -3.59. The number of aromatic nitrogens is 1. The normalized spacial score (nSPS) is 9.63. The number of benzene rings is 2. The Morgan fingerprint density at radius 2 is 1.24 bits per heavy atom. The Labute approximate surface area is 252 Å². The number of hydrogen-bond donors (Lipinski definition) is 2. The smallest absolute Gasteiger partial charge is 0.0855 e. The minimum Gasteiger partial charge on any atom is -0.385 e. The lowest BCUT2D eigenvalue weighted by Gasteiger charge is -2.13. The van der Waals surface area contributed by atoms with E-state index in [1.54, 1.807) is 0 Å². The van der Waals surface area contributed by atoms with E-state index in [1.807, 2.05) is 52.1 Å². The van der Waals surface area contributed by atoms with Crippen LogP contribution in [0, 0.1) is 0 Å². The highest BCUT2D eigenvalue weighted by Crippen LogP contribution is 2.17. The summed E-state index contributed by atoms with van der Waals surface area (Å²) in [5.74, 6) is 0. The lowest BCUT2D eigenvalue weighted by molar-refractivity contribution is 0.840. The summed E-state index contributed by atoms with van der Waals surface area (Å²) >= 11 is 0. The Bertz CT molecular complexity index is 1190. The Morgan fingerprint density at radius 1 is 0.707 bits per heavy atom. The molecule has 1 heterocycles. The lowest BCUT2D eigenvalue weighted by Crippen LogP contribution is -2.17. The molecule has 0 aliphatic heterocycles. The molecule has 41 heavy (non-hydrogen) atoms. The Kier molecular flexibility index (Phi) is 19.3. The van der Waals surface area contributed by atoms with Crippen LogP contribution in [0.2, 0.25) is 0 Å². The number of aryl methyl sites for hydroxylation is 3. The van der Waals surface area contributed by atoms with Gasteiger partial charge in [-0.05, 0) is 77.6 Å². The van der Waals surface area contributed by atoms with Crippen molar-refractivity contribution in [3.05, 3.63) is 119 Å². The van der Waals surface area contributed by atoms with Crippen LogP contribution in [0.1, 0.15) is 101 Å². The standard InChI is InChI=1S/C33H41N3.2C2H6.CH4/c1-7-28-13-11-26(21-30(28)9-3)17-19-34-24(5)32-15-16-33(36-23-32)25(6)35-20-18-27-12-14-29(8-2)31(10-4)22-27;2*1-2;/h9,11-16,21-23,34-35H,3,5-8,10,17-20H2,1-2,4H3;2*1-2H3;1H4. The summed E-state index contributed by atoms with van der Waals surface area (Å²) in [5.41, 5.74) is 11.7. The van der Waals surface area contributed by atoms with Gasteiger partial charge in [-0.15, -0.1) is 0 Å². The van der Waals surface area contributed by atoms with E-state index in [1.165, 1.54) is 33.4 Å². The third-order valence-corrected chi connectivity index (χ3v) is 6.77. The molecule has 0 saturated heterocycles. The molecule has 0 saturated carbocycles. The van der Waals surface area contributed by atoms with E-state index in [9.17, 15) is 0 Å². The van der Waals surface area contributed by atoms with Crippen LogP contribution in [-0.4, -0.2) is 18.1 Å². The second-order valence-corrected chi connectivity index (χ2v) is 9.14. The van der Waals surface area contributed by atoms with E-state index in [0.29, 0.717) is 0 Å². The van der Waals surface area contributed by atoms with Gasteiger partial charge in [0.15, 0.2) is 0 Å². The third kappa shape index (κ3) is 11.8. The van der Waals surface area contributed by atoms with Gasteiger partial charge in [-0.2, -0.15) is 0 Å². The van der Waals surface area contributed by atoms with Crippen LogP contribution >= 0.6 is 0 Å². The number of rotatable bonds is 14. The van der Waals surface area contributed by atoms with Crippen molar-refractivity contribution in [3.8, 4) is 0 Å². The average molecular weight is 556 g/mol. The zero-order valence-corrected chi connectivity index (χ0v) is 26.3. The largest absolute Gasteiger partial charge is 0.385 e. The van der Waals surface area contributed by atoms with Crippen molar-refractivity contribution in [2.75, 3.05) is 13.1 Å². The first kappa shape index (κ1) is 37.4. The summed E-state index contributed by atoms with van der Waals surface area (Å²) in [6.45, 7) is 28.6. The minimum atomic E-state index is 0. The number of pyridine rings is 1. The molecule has 3 rings (SSSR count). The van der Waals surface area contributed by atoms with Crippen molar-refractivity contribution in [2.45, 2.75) is 88.0 Å². The Morgan fingerprint density at radius 3 is 1.76 bits per heavy atom. The fourth-order valence-corrected chi connectivity index (χ4v) is 4.48. The van der Waals surface area contributed by atoms with Gasteiger partial charge in [0.1, 0.15) is 0 Å². The third-order valence-electron chi connectivity index (χ3n) is 6.77. The van der Waals surface area contributed by atoms with Gasteiger partial charge in [-0.1, -0.05) is 118 Å². The maximum absolute atomic E-state index is 4.61. The quantitative estimate of drug-likeness (QED) is 0.208. The fraction of sp³-hybridized carbons (Fsp3) is 0.395. The number of nitrogens with one attached hydrogen (secondary N) is 2. The number of hydrogen-bond acceptors (Lipinski definition) is 3. The molecule has 2 aromatic carbocycles. The molecule has 0 atom stereocenters. The number of nitrogens with zero attached hydrogens (tertiary/aromatic N) is 1. The topological polar surface area (TPSA) is 37.0 Å². The molecule has 3 nitrogen and oxygen atoms in total. The van der Waals surface area contributed by atoms with Crippen molar-refractivity contribution in [3.63, 3.8) is 0 Å². The van der Waals surface area contributed by atoms with Gasteiger partial charge in [0.05, 0.1) is 11.4 Å². The average Bonchev–Trinajstić information content (AvgIpc) is 3.02. The molecular formula is C38H57N3. The van der Waals surface area contributed by atoms with Crippen LogP contribution in [0.15, 0.2) is 74.5 Å². The first-order valence-corrected chi connectivity index (χ1v) is 15.2. The van der Waals surface area contributed by atoms with Crippen LogP contribution in [-0.2, 0) is 32.1 Å². The van der Waals surface area contributed by atoms with Gasteiger partial charge >= 0.3 is 0 Å². The van der Waals surface area contributed by atoms with E-state index in [2.05, 4.69) is 92.5 Å². The van der Waals surface area contributed by atoms with E-state index >= 15 is 0 Å². The van der Waals surface area contributed by atoms with Gasteiger partial charge in [-0.25, -0.2) is 0 Å². The van der Waals surface area contributed by atoms with Crippen LogP contribution in [0.25, 0.3) is 17.5 Å². The van der Waals surface area contributed by atoms with Crippen molar-refractivity contribution in [1.29, 1.82) is 0 Å². The molecule has 224 valence electrons. The summed E-state index contributed by atoms with van der Waals surface area (Å²) in [4.78, 5) is 4.61. The molecule has 0 amide bonds. The highest BCUT2D eigenvalue weighted by Gasteiger charge is 2.06. The molecule has 0 aliphatic carbocycles. The molecule has 3 aromatic rings. The zero-order valence-electron chi connectivity index (χ0n) is 26.3. The minimum absolute atomic E-state index is 0. The van der Waals surface area contributed by atoms with Crippen LogP contribution in [0.3, 0.4) is 0 Å². The van der Waals surface area contributed by atoms with Crippen LogP contribution in [0.5, 0.6) is 0 Å². The highest BCUT2D eigenvalue weighted by molar-refractivity contribution is 5.64. The molecule has 0 aliphatic rings. The molecule has 0 spiro atoms. The zero-order chi connectivity index (χ0) is 29.9. The monoisotopic (exact) mass is 555 g/mol. The van der Waals surface area contributed by atoms with Gasteiger partial charge in [0, 0.05) is 30.5 Å². The maximum atomic E-state index is 4.61. The molecular weight excluding hydrogens is 498 g/mol. The summed E-state index contributed by atoms with van der Waals surface area (Å²) in [6, 6.07) is 17.5. The van der Waals surface area contributed by atoms with Gasteiger partial charge < -0.3 is 10.6 Å². The summed E-state index contributed by atoms with van der Waals surface area (Å²) in [6.07, 6.45) is 8.88. The Balaban J connectivity index is 0.00000306. The molecule has 2 N–H and O–H groups in total. The van der Waals surface area contributed by atoms with Crippen LogP contribution < -0.4 is 10.6 Å². The highest BCUT2D eigenvalue weighted by atomic mass is 14.9. The first-order valence-electron chi connectivity index (χ1n) is 15.2. The predicted molar refractivity (Wildman–Crippen MR) is 186 cm³/mol. The molecule has 0 radical (unpaired) electrons. The van der Waals surface area contributed by atoms with Gasteiger partial charge in [0.25, 0.3) is 0 Å². The molecule has 1 aromatic heterocycles. The van der Waals surface area contributed by atoms with Gasteiger partial charge in [-0.3, -0.25) is 4.98 Å². The summed E-state index contributed by atoms with van der Waals surface area (Å²) in [7, 11) is 0. The molecule has 0 unspecified atom stereocenters. The van der Waals surface area contributed by atoms with Crippen molar-refractivity contribution >= 4 is 17.5 Å². The summed E-state index contributed by atoms with van der Waals surface area (Å²) in [5, 5.41) is 6.86. The van der Waals surface area contributed by atoms with Crippen molar-refractivity contribution < 1.29 is 0 Å². The molecule has 3 heteroatoms. The first-order chi connectivity index (χ1) is 19.5. The van der Waals surface area contributed by atoms with Gasteiger partial charge in [0.2, 0.25) is 0 Å². The van der Waals surface area contributed by atoms with Crippen LogP contribution in [0.4, 0.5) is 0 Å². The van der Waals surface area contributed by atoms with E-state index < -0.39 is 0 Å². The fourth-order valence-electron chi connectivity index (χ4n) is 4.48. The maximum Gasteiger partial charge on any atom is 0.0855 e. The SMILES string of the molecule is C.C=Cc1cc(CCNC(=C)c2ccc(C(=C)NCCc3ccc(CC)c(CC)c3)nc2)ccc1CC.CC.CC.